The van der Waals surface area contributed by atoms with Crippen molar-refractivity contribution in [2.45, 2.75) is 38.3 Å². The van der Waals surface area contributed by atoms with Gasteiger partial charge < -0.3 is 15.0 Å². The summed E-state index contributed by atoms with van der Waals surface area (Å²) in [6.45, 7) is 4.33. The van der Waals surface area contributed by atoms with Crippen molar-refractivity contribution in [1.29, 1.82) is 0 Å². The Hall–Kier alpha value is -1.55. The summed E-state index contributed by atoms with van der Waals surface area (Å²) in [6.07, 6.45) is 3.11. The molecule has 0 aromatic heterocycles. The van der Waals surface area contributed by atoms with Crippen molar-refractivity contribution in [3.8, 4) is 0 Å². The summed E-state index contributed by atoms with van der Waals surface area (Å²) < 4.78 is 5.67. The van der Waals surface area contributed by atoms with Gasteiger partial charge in [-0.3, -0.25) is 4.79 Å². The Balaban J connectivity index is 1.63. The van der Waals surface area contributed by atoms with Gasteiger partial charge in [-0.15, -0.1) is 0 Å². The van der Waals surface area contributed by atoms with Gasteiger partial charge in [-0.1, -0.05) is 18.2 Å². The van der Waals surface area contributed by atoms with Gasteiger partial charge in [-0.25, -0.2) is 0 Å². The summed E-state index contributed by atoms with van der Waals surface area (Å²) in [5.41, 5.74) is 2.34. The van der Waals surface area contributed by atoms with Gasteiger partial charge in [0.05, 0.1) is 6.10 Å². The zero-order chi connectivity index (χ0) is 13.9. The van der Waals surface area contributed by atoms with Gasteiger partial charge in [-0.05, 0) is 31.4 Å². The second-order valence-electron chi connectivity index (χ2n) is 5.56. The molecule has 2 aliphatic heterocycles. The number of anilines is 1. The third kappa shape index (κ3) is 2.66. The van der Waals surface area contributed by atoms with E-state index < -0.39 is 0 Å². The lowest BCUT2D eigenvalue weighted by Crippen LogP contribution is -2.48. The molecule has 4 heteroatoms. The fourth-order valence-corrected chi connectivity index (χ4v) is 3.18. The monoisotopic (exact) mass is 274 g/mol. The number of benzene rings is 1. The minimum atomic E-state index is -0.104. The number of piperidine rings is 1. The first-order valence-corrected chi connectivity index (χ1v) is 7.52. The number of nitrogens with one attached hydrogen (secondary N) is 1. The zero-order valence-electron chi connectivity index (χ0n) is 12.0. The van der Waals surface area contributed by atoms with Crippen molar-refractivity contribution in [2.75, 3.05) is 25.0 Å². The third-order valence-corrected chi connectivity index (χ3v) is 4.16. The molecule has 1 aromatic rings. The highest BCUT2D eigenvalue weighted by atomic mass is 16.5. The fraction of sp³-hybridized carbons (Fsp3) is 0.562. The van der Waals surface area contributed by atoms with Gasteiger partial charge in [0.15, 0.2) is 0 Å². The molecule has 3 rings (SSSR count). The average Bonchev–Trinajstić information content (AvgIpc) is 2.91. The normalized spacial score (nSPS) is 25.1. The number of fused-ring (bicyclic) bond motifs is 1. The van der Waals surface area contributed by atoms with Crippen LogP contribution < -0.4 is 5.32 Å². The predicted octanol–water partition coefficient (Wildman–Crippen LogP) is 2.05. The number of carbonyl (C=O) groups excluding carboxylic acids is 1. The second-order valence-corrected chi connectivity index (χ2v) is 5.56. The number of hydrogen-bond acceptors (Lipinski definition) is 3. The van der Waals surface area contributed by atoms with Gasteiger partial charge in [-0.2, -0.15) is 0 Å². The van der Waals surface area contributed by atoms with Gasteiger partial charge >= 0.3 is 0 Å². The van der Waals surface area contributed by atoms with E-state index in [0.717, 1.165) is 44.6 Å². The van der Waals surface area contributed by atoms with Crippen molar-refractivity contribution in [1.82, 2.24) is 4.90 Å². The summed E-state index contributed by atoms with van der Waals surface area (Å²) in [7, 11) is 0. The lowest BCUT2D eigenvalue weighted by molar-refractivity contribution is -0.135. The van der Waals surface area contributed by atoms with E-state index in [4.69, 9.17) is 4.74 Å². The molecule has 1 saturated heterocycles. The molecule has 108 valence electrons. The lowest BCUT2D eigenvalue weighted by Gasteiger charge is -2.34. The molecule has 1 aromatic carbocycles. The number of carbonyl (C=O) groups is 1. The van der Waals surface area contributed by atoms with Gasteiger partial charge in [0.2, 0.25) is 5.91 Å². The molecule has 0 radical (unpaired) electrons. The Kier molecular flexibility index (Phi) is 3.92. The van der Waals surface area contributed by atoms with Crippen LogP contribution in [0.5, 0.6) is 0 Å². The van der Waals surface area contributed by atoms with E-state index in [1.54, 1.807) is 0 Å². The van der Waals surface area contributed by atoms with E-state index in [1.807, 2.05) is 30.0 Å². The molecule has 2 aliphatic rings. The molecule has 4 nitrogen and oxygen atoms in total. The molecular weight excluding hydrogens is 252 g/mol. The maximum Gasteiger partial charge on any atom is 0.245 e. The Morgan fingerprint density at radius 3 is 3.10 bits per heavy atom. The van der Waals surface area contributed by atoms with E-state index in [0.29, 0.717) is 0 Å². The largest absolute Gasteiger partial charge is 0.377 e. The summed E-state index contributed by atoms with van der Waals surface area (Å²) in [6, 6.07) is 8.06. The third-order valence-electron chi connectivity index (χ3n) is 4.16. The Labute approximate surface area is 120 Å². The summed E-state index contributed by atoms with van der Waals surface area (Å²) >= 11 is 0. The quantitative estimate of drug-likeness (QED) is 0.917. The molecule has 20 heavy (non-hydrogen) atoms. The van der Waals surface area contributed by atoms with E-state index >= 15 is 0 Å². The highest BCUT2D eigenvalue weighted by Gasteiger charge is 2.32. The van der Waals surface area contributed by atoms with Crippen LogP contribution in [0.3, 0.4) is 0 Å². The topological polar surface area (TPSA) is 41.6 Å². The predicted molar refractivity (Wildman–Crippen MR) is 78.8 cm³/mol. The van der Waals surface area contributed by atoms with Gasteiger partial charge in [0, 0.05) is 31.8 Å². The van der Waals surface area contributed by atoms with Crippen LogP contribution in [0.25, 0.3) is 0 Å². The van der Waals surface area contributed by atoms with E-state index in [9.17, 15) is 4.79 Å². The standard InChI is InChI=1S/C16H22N2O2/c1-2-20-13-7-5-9-18(11-13)16(19)15-10-12-6-3-4-8-14(12)17-15/h3-4,6,8,13,15,17H,2,5,7,9-11H2,1H3/t13?,15-/m0/s1. The SMILES string of the molecule is CCOC1CCCN(C(=O)[C@@H]2Cc3ccccc3N2)C1. The van der Waals surface area contributed by atoms with Crippen molar-refractivity contribution < 1.29 is 9.53 Å². The molecule has 1 amide bonds. The molecule has 2 heterocycles. The first-order chi connectivity index (χ1) is 9.78. The Morgan fingerprint density at radius 2 is 2.30 bits per heavy atom. The van der Waals surface area contributed by atoms with Crippen LogP contribution in [0.4, 0.5) is 5.69 Å². The van der Waals surface area contributed by atoms with Crippen molar-refractivity contribution in [2.24, 2.45) is 0 Å². The minimum absolute atomic E-state index is 0.104. The number of nitrogens with zero attached hydrogens (tertiary/aromatic N) is 1. The van der Waals surface area contributed by atoms with Crippen molar-refractivity contribution >= 4 is 11.6 Å². The van der Waals surface area contributed by atoms with E-state index in [2.05, 4.69) is 11.4 Å². The van der Waals surface area contributed by atoms with Crippen LogP contribution in [-0.2, 0) is 16.0 Å². The summed E-state index contributed by atoms with van der Waals surface area (Å²) in [4.78, 5) is 14.6. The maximum absolute atomic E-state index is 12.6. The molecule has 1 N–H and O–H groups in total. The Morgan fingerprint density at radius 1 is 1.45 bits per heavy atom. The van der Waals surface area contributed by atoms with Crippen molar-refractivity contribution in [3.05, 3.63) is 29.8 Å². The number of rotatable bonds is 3. The van der Waals surface area contributed by atoms with Crippen LogP contribution in [0.1, 0.15) is 25.3 Å². The molecular formula is C16H22N2O2. The van der Waals surface area contributed by atoms with Crippen LogP contribution in [0.15, 0.2) is 24.3 Å². The number of ether oxygens (including phenoxy) is 1. The zero-order valence-corrected chi connectivity index (χ0v) is 12.0. The highest BCUT2D eigenvalue weighted by Crippen LogP contribution is 2.26. The fourth-order valence-electron chi connectivity index (χ4n) is 3.18. The van der Waals surface area contributed by atoms with Crippen LogP contribution in [0, 0.1) is 0 Å². The van der Waals surface area contributed by atoms with Gasteiger partial charge in [0.1, 0.15) is 6.04 Å². The first-order valence-electron chi connectivity index (χ1n) is 7.52. The summed E-state index contributed by atoms with van der Waals surface area (Å²) in [5.74, 6) is 0.214. The lowest BCUT2D eigenvalue weighted by atomic mass is 10.1. The molecule has 0 aliphatic carbocycles. The maximum atomic E-state index is 12.6. The van der Waals surface area contributed by atoms with Gasteiger partial charge in [0.25, 0.3) is 0 Å². The first kappa shape index (κ1) is 13.4. The minimum Gasteiger partial charge on any atom is -0.377 e. The van der Waals surface area contributed by atoms with E-state index in [1.165, 1.54) is 5.56 Å². The van der Waals surface area contributed by atoms with Crippen LogP contribution in [-0.4, -0.2) is 42.6 Å². The molecule has 0 bridgehead atoms. The van der Waals surface area contributed by atoms with Crippen LogP contribution in [0.2, 0.25) is 0 Å². The second kappa shape index (κ2) is 5.83. The molecule has 0 spiro atoms. The summed E-state index contributed by atoms with van der Waals surface area (Å²) in [5, 5.41) is 3.35. The highest BCUT2D eigenvalue weighted by molar-refractivity contribution is 5.87. The molecule has 1 unspecified atom stereocenters. The van der Waals surface area contributed by atoms with E-state index in [-0.39, 0.29) is 18.1 Å². The average molecular weight is 274 g/mol. The number of amides is 1. The van der Waals surface area contributed by atoms with Crippen LogP contribution >= 0.6 is 0 Å². The smallest absolute Gasteiger partial charge is 0.245 e. The Bertz CT molecular complexity index is 462. The molecule has 1 fully saturated rings. The number of hydrogen-bond donors (Lipinski definition) is 1. The van der Waals surface area contributed by atoms with Crippen molar-refractivity contribution in [3.63, 3.8) is 0 Å². The molecule has 0 saturated carbocycles. The number of likely N-dealkylation sites (tertiary alicyclic amines) is 1. The number of para-hydroxylation sites is 1. The molecule has 2 atom stereocenters.